The molecule has 3 N–H and O–H groups in total. The van der Waals surface area contributed by atoms with Crippen molar-refractivity contribution in [3.63, 3.8) is 0 Å². The first-order chi connectivity index (χ1) is 12.7. The van der Waals surface area contributed by atoms with Crippen LogP contribution in [0.5, 0.6) is 5.88 Å². The van der Waals surface area contributed by atoms with E-state index in [1.165, 1.54) is 19.3 Å². The molecule has 7 nitrogen and oxygen atoms in total. The molecule has 1 aliphatic carbocycles. The topological polar surface area (TPSA) is 100 Å². The van der Waals surface area contributed by atoms with Gasteiger partial charge in [0.1, 0.15) is 5.00 Å². The van der Waals surface area contributed by atoms with Gasteiger partial charge in [-0.1, -0.05) is 31.4 Å². The number of carboxylic acids is 1. The maximum Gasteiger partial charge on any atom is 0.344 e. The maximum atomic E-state index is 11.7. The number of hydrogen-bond acceptors (Lipinski definition) is 6. The second kappa shape index (κ2) is 7.33. The first-order valence-corrected chi connectivity index (χ1v) is 9.55. The molecule has 8 heteroatoms. The highest BCUT2D eigenvalue weighted by Crippen LogP contribution is 2.34. The molecule has 1 aliphatic rings. The predicted molar refractivity (Wildman–Crippen MR) is 101 cm³/mol. The fourth-order valence-corrected chi connectivity index (χ4v) is 4.04. The van der Waals surface area contributed by atoms with E-state index in [0.717, 1.165) is 35.4 Å². The molecule has 0 atom stereocenters. The summed E-state index contributed by atoms with van der Waals surface area (Å²) in [6, 6.07) is 7.62. The molecule has 0 amide bonds. The summed E-state index contributed by atoms with van der Waals surface area (Å²) >= 11 is 1.07. The number of fused-ring (bicyclic) bond motifs is 1. The van der Waals surface area contributed by atoms with E-state index in [-0.39, 0.29) is 11.4 Å². The van der Waals surface area contributed by atoms with Crippen molar-refractivity contribution >= 4 is 39.5 Å². The van der Waals surface area contributed by atoms with Crippen LogP contribution in [0.4, 0.5) is 10.9 Å². The van der Waals surface area contributed by atoms with Crippen molar-refractivity contribution in [1.82, 2.24) is 14.3 Å². The number of aromatic amines is 1. The molecule has 3 aromatic rings. The van der Waals surface area contributed by atoms with Gasteiger partial charge in [-0.15, -0.1) is 0 Å². The van der Waals surface area contributed by atoms with E-state index in [2.05, 4.69) is 19.7 Å². The van der Waals surface area contributed by atoms with Crippen LogP contribution in [0.3, 0.4) is 0 Å². The van der Waals surface area contributed by atoms with Gasteiger partial charge in [-0.25, -0.2) is 9.78 Å². The summed E-state index contributed by atoms with van der Waals surface area (Å²) in [6.45, 7) is 0.522. The normalized spacial score (nSPS) is 15.2. The van der Waals surface area contributed by atoms with Gasteiger partial charge in [-0.3, -0.25) is 0 Å². The lowest BCUT2D eigenvalue weighted by atomic mass is 9.90. The number of carboxylic acid groups (broad SMARTS) is 1. The highest BCUT2D eigenvalue weighted by molar-refractivity contribution is 7.11. The van der Waals surface area contributed by atoms with Crippen molar-refractivity contribution in [2.75, 3.05) is 11.9 Å². The molecule has 1 saturated carbocycles. The SMILES string of the molecule is O=C(O)c1c(OCC2CCCCC2)nsc1Nc1nc2ccccc2[nH]1. The molecule has 4 rings (SSSR count). The third kappa shape index (κ3) is 3.50. The Balaban J connectivity index is 1.52. The van der Waals surface area contributed by atoms with Crippen molar-refractivity contribution in [1.29, 1.82) is 0 Å². The first kappa shape index (κ1) is 16.8. The van der Waals surface area contributed by atoms with E-state index in [1.54, 1.807) is 0 Å². The molecular formula is C18H20N4O3S. The molecular weight excluding hydrogens is 352 g/mol. The number of anilines is 2. The summed E-state index contributed by atoms with van der Waals surface area (Å²) in [7, 11) is 0. The van der Waals surface area contributed by atoms with Gasteiger partial charge in [0, 0.05) is 0 Å². The average Bonchev–Trinajstić information content (AvgIpc) is 3.24. The molecule has 0 bridgehead atoms. The maximum absolute atomic E-state index is 11.7. The summed E-state index contributed by atoms with van der Waals surface area (Å²) < 4.78 is 9.97. The van der Waals surface area contributed by atoms with E-state index < -0.39 is 5.97 Å². The largest absolute Gasteiger partial charge is 0.477 e. The minimum Gasteiger partial charge on any atom is -0.477 e. The summed E-state index contributed by atoms with van der Waals surface area (Å²) in [6.07, 6.45) is 5.98. The predicted octanol–water partition coefficient (Wildman–Crippen LogP) is 4.42. The number of hydrogen-bond donors (Lipinski definition) is 3. The number of carbonyl (C=O) groups is 1. The summed E-state index contributed by atoms with van der Waals surface area (Å²) in [5.41, 5.74) is 1.75. The minimum atomic E-state index is -1.06. The fraction of sp³-hybridized carbons (Fsp3) is 0.389. The third-order valence-corrected chi connectivity index (χ3v) is 5.42. The number of imidazole rings is 1. The Labute approximate surface area is 154 Å². The van der Waals surface area contributed by atoms with Gasteiger partial charge in [-0.2, -0.15) is 4.37 Å². The van der Waals surface area contributed by atoms with Gasteiger partial charge in [0.15, 0.2) is 5.56 Å². The number of nitrogens with one attached hydrogen (secondary N) is 2. The van der Waals surface area contributed by atoms with Crippen LogP contribution in [0.15, 0.2) is 24.3 Å². The van der Waals surface area contributed by atoms with Crippen molar-refractivity contribution in [2.24, 2.45) is 5.92 Å². The summed E-state index contributed by atoms with van der Waals surface area (Å²) in [5.74, 6) is 0.0951. The zero-order chi connectivity index (χ0) is 17.9. The van der Waals surface area contributed by atoms with Gasteiger partial charge >= 0.3 is 5.97 Å². The third-order valence-electron chi connectivity index (χ3n) is 4.68. The molecule has 0 unspecified atom stereocenters. The first-order valence-electron chi connectivity index (χ1n) is 8.78. The quantitative estimate of drug-likeness (QED) is 0.592. The van der Waals surface area contributed by atoms with E-state index in [0.29, 0.717) is 23.5 Å². The van der Waals surface area contributed by atoms with Crippen LogP contribution >= 0.6 is 11.5 Å². The van der Waals surface area contributed by atoms with Crippen molar-refractivity contribution in [2.45, 2.75) is 32.1 Å². The number of aromatic carboxylic acids is 1. The van der Waals surface area contributed by atoms with Crippen LogP contribution < -0.4 is 10.1 Å². The van der Waals surface area contributed by atoms with E-state index >= 15 is 0 Å². The number of H-pyrrole nitrogens is 1. The van der Waals surface area contributed by atoms with Gasteiger partial charge < -0.3 is 20.1 Å². The Kier molecular flexibility index (Phi) is 4.75. The van der Waals surface area contributed by atoms with Gasteiger partial charge in [0.2, 0.25) is 11.8 Å². The van der Waals surface area contributed by atoms with E-state index in [9.17, 15) is 9.90 Å². The summed E-state index contributed by atoms with van der Waals surface area (Å²) in [5, 5.41) is 13.0. The standard InChI is InChI=1S/C18H20N4O3S/c23-17(24)14-15(25-10-11-6-2-1-3-7-11)22-26-16(14)21-18-19-12-8-4-5-9-13(12)20-18/h4-5,8-9,11H,1-3,6-7,10H2,(H,23,24)(H2,19,20,21). The molecule has 0 saturated heterocycles. The lowest BCUT2D eigenvalue weighted by Gasteiger charge is -2.21. The molecule has 0 aliphatic heterocycles. The minimum absolute atomic E-state index is 0.0614. The molecule has 136 valence electrons. The van der Waals surface area contributed by atoms with Gasteiger partial charge in [0.05, 0.1) is 17.6 Å². The highest BCUT2D eigenvalue weighted by atomic mass is 32.1. The van der Waals surface area contributed by atoms with Crippen LogP contribution in [-0.4, -0.2) is 32.0 Å². The number of ether oxygens (including phenoxy) is 1. The smallest absolute Gasteiger partial charge is 0.344 e. The molecule has 26 heavy (non-hydrogen) atoms. The van der Waals surface area contributed by atoms with Crippen LogP contribution in [0.25, 0.3) is 11.0 Å². The van der Waals surface area contributed by atoms with Gasteiger partial charge in [-0.05, 0) is 42.4 Å². The molecule has 1 fully saturated rings. The Hall–Kier alpha value is -2.61. The number of rotatable bonds is 6. The van der Waals surface area contributed by atoms with Crippen LogP contribution in [0, 0.1) is 5.92 Å². The highest BCUT2D eigenvalue weighted by Gasteiger charge is 2.24. The average molecular weight is 372 g/mol. The Morgan fingerprint density at radius 3 is 2.88 bits per heavy atom. The van der Waals surface area contributed by atoms with Crippen molar-refractivity contribution in [3.8, 4) is 5.88 Å². The zero-order valence-corrected chi connectivity index (χ0v) is 15.0. The van der Waals surface area contributed by atoms with Gasteiger partial charge in [0.25, 0.3) is 0 Å². The van der Waals surface area contributed by atoms with Crippen LogP contribution in [0.1, 0.15) is 42.5 Å². The number of nitrogens with zero attached hydrogens (tertiary/aromatic N) is 2. The van der Waals surface area contributed by atoms with E-state index in [1.807, 2.05) is 24.3 Å². The molecule has 0 spiro atoms. The number of para-hydroxylation sites is 2. The number of benzene rings is 1. The molecule has 2 aromatic heterocycles. The second-order valence-corrected chi connectivity index (χ2v) is 7.31. The Morgan fingerprint density at radius 1 is 1.31 bits per heavy atom. The summed E-state index contributed by atoms with van der Waals surface area (Å²) in [4.78, 5) is 19.3. The Bertz CT molecular complexity index is 881. The van der Waals surface area contributed by atoms with E-state index in [4.69, 9.17) is 4.74 Å². The van der Waals surface area contributed by atoms with Crippen molar-refractivity contribution < 1.29 is 14.6 Å². The molecule has 0 radical (unpaired) electrons. The van der Waals surface area contributed by atoms with Crippen molar-refractivity contribution in [3.05, 3.63) is 29.8 Å². The van der Waals surface area contributed by atoms with Crippen LogP contribution in [0.2, 0.25) is 0 Å². The molecule has 1 aromatic carbocycles. The molecule has 2 heterocycles. The lowest BCUT2D eigenvalue weighted by molar-refractivity contribution is 0.0691. The second-order valence-electron chi connectivity index (χ2n) is 6.54. The Morgan fingerprint density at radius 2 is 2.12 bits per heavy atom. The number of aromatic nitrogens is 3. The van der Waals surface area contributed by atoms with Crippen LogP contribution in [-0.2, 0) is 0 Å². The fourth-order valence-electron chi connectivity index (χ4n) is 3.32. The monoisotopic (exact) mass is 372 g/mol. The zero-order valence-electron chi connectivity index (χ0n) is 14.2. The lowest BCUT2D eigenvalue weighted by Crippen LogP contribution is -2.16.